The number of rotatable bonds is 3. The van der Waals surface area contributed by atoms with Gasteiger partial charge in [0, 0.05) is 5.02 Å². The summed E-state index contributed by atoms with van der Waals surface area (Å²) >= 11 is 10.8. The van der Waals surface area contributed by atoms with Crippen LogP contribution in [0.2, 0.25) is 5.02 Å². The lowest BCUT2D eigenvalue weighted by Crippen LogP contribution is -2.10. The minimum Gasteiger partial charge on any atom is -0.457 e. The summed E-state index contributed by atoms with van der Waals surface area (Å²) in [4.78, 5) is 0.318. The third-order valence-electron chi connectivity index (χ3n) is 2.44. The standard InChI is InChI=1S/C14H12ClNOS/c1-9-2-7-12(14(16)18)13(8-9)17-11-5-3-10(15)4-6-11/h2-8H,1H3,(H2,16,18). The molecular weight excluding hydrogens is 266 g/mol. The Morgan fingerprint density at radius 1 is 1.17 bits per heavy atom. The van der Waals surface area contributed by atoms with Crippen LogP contribution in [0.25, 0.3) is 0 Å². The smallest absolute Gasteiger partial charge is 0.137 e. The van der Waals surface area contributed by atoms with Gasteiger partial charge >= 0.3 is 0 Å². The van der Waals surface area contributed by atoms with E-state index < -0.39 is 0 Å². The van der Waals surface area contributed by atoms with Gasteiger partial charge in [0.05, 0.1) is 5.56 Å². The summed E-state index contributed by atoms with van der Waals surface area (Å²) in [6.07, 6.45) is 0. The average Bonchev–Trinajstić information content (AvgIpc) is 2.32. The molecule has 0 spiro atoms. The van der Waals surface area contributed by atoms with Crippen LogP contribution in [-0.2, 0) is 0 Å². The second-order valence-corrected chi connectivity index (χ2v) is 4.80. The third kappa shape index (κ3) is 3.00. The topological polar surface area (TPSA) is 35.2 Å². The summed E-state index contributed by atoms with van der Waals surface area (Å²) < 4.78 is 5.78. The van der Waals surface area contributed by atoms with Gasteiger partial charge in [-0.25, -0.2) is 0 Å². The first-order chi connectivity index (χ1) is 8.56. The van der Waals surface area contributed by atoms with Gasteiger partial charge in [-0.05, 0) is 48.9 Å². The predicted octanol–water partition coefficient (Wildman–Crippen LogP) is 4.07. The quantitative estimate of drug-likeness (QED) is 0.859. The lowest BCUT2D eigenvalue weighted by atomic mass is 10.1. The minimum atomic E-state index is 0.318. The summed E-state index contributed by atoms with van der Waals surface area (Å²) in [5.41, 5.74) is 7.48. The Kier molecular flexibility index (Phi) is 3.84. The van der Waals surface area contributed by atoms with Crippen molar-refractivity contribution in [3.63, 3.8) is 0 Å². The predicted molar refractivity (Wildman–Crippen MR) is 78.6 cm³/mol. The molecule has 0 aliphatic carbocycles. The second-order valence-electron chi connectivity index (χ2n) is 3.92. The van der Waals surface area contributed by atoms with Gasteiger partial charge in [0.15, 0.2) is 0 Å². The molecule has 0 amide bonds. The van der Waals surface area contributed by atoms with Crippen molar-refractivity contribution in [2.24, 2.45) is 5.73 Å². The van der Waals surface area contributed by atoms with Crippen molar-refractivity contribution in [3.05, 3.63) is 58.6 Å². The highest BCUT2D eigenvalue weighted by Crippen LogP contribution is 2.27. The molecular formula is C14H12ClNOS. The van der Waals surface area contributed by atoms with E-state index in [9.17, 15) is 0 Å². The monoisotopic (exact) mass is 277 g/mol. The van der Waals surface area contributed by atoms with Gasteiger partial charge in [-0.2, -0.15) is 0 Å². The molecule has 0 atom stereocenters. The maximum absolute atomic E-state index is 5.83. The Morgan fingerprint density at radius 2 is 1.83 bits per heavy atom. The number of hydrogen-bond donors (Lipinski definition) is 1. The van der Waals surface area contributed by atoms with E-state index in [1.54, 1.807) is 24.3 Å². The molecule has 0 aromatic heterocycles. The van der Waals surface area contributed by atoms with Gasteiger partial charge in [-0.3, -0.25) is 0 Å². The average molecular weight is 278 g/mol. The van der Waals surface area contributed by atoms with Crippen molar-refractivity contribution in [2.75, 3.05) is 0 Å². The first-order valence-corrected chi connectivity index (χ1v) is 6.19. The van der Waals surface area contributed by atoms with E-state index in [0.29, 0.717) is 21.5 Å². The normalized spacial score (nSPS) is 10.1. The van der Waals surface area contributed by atoms with Gasteiger partial charge in [-0.1, -0.05) is 29.9 Å². The number of nitrogens with two attached hydrogens (primary N) is 1. The molecule has 2 rings (SSSR count). The molecule has 0 saturated carbocycles. The molecule has 2 aromatic rings. The third-order valence-corrected chi connectivity index (χ3v) is 2.92. The number of hydrogen-bond acceptors (Lipinski definition) is 2. The maximum atomic E-state index is 5.83. The minimum absolute atomic E-state index is 0.318. The van der Waals surface area contributed by atoms with E-state index in [4.69, 9.17) is 34.3 Å². The Hall–Kier alpha value is -1.58. The van der Waals surface area contributed by atoms with Crippen molar-refractivity contribution in [1.82, 2.24) is 0 Å². The lowest BCUT2D eigenvalue weighted by Gasteiger charge is -2.11. The molecule has 0 saturated heterocycles. The fourth-order valence-electron chi connectivity index (χ4n) is 1.55. The largest absolute Gasteiger partial charge is 0.457 e. The number of halogens is 1. The summed E-state index contributed by atoms with van der Waals surface area (Å²) in [7, 11) is 0. The van der Waals surface area contributed by atoms with E-state index in [0.717, 1.165) is 11.1 Å². The fourth-order valence-corrected chi connectivity index (χ4v) is 1.84. The molecule has 92 valence electrons. The zero-order valence-electron chi connectivity index (χ0n) is 9.81. The van der Waals surface area contributed by atoms with Crippen LogP contribution in [0.1, 0.15) is 11.1 Å². The first kappa shape index (κ1) is 12.9. The van der Waals surface area contributed by atoms with Crippen LogP contribution < -0.4 is 10.5 Å². The Bertz CT molecular complexity index is 581. The lowest BCUT2D eigenvalue weighted by molar-refractivity contribution is 0.481. The van der Waals surface area contributed by atoms with Crippen LogP contribution in [0.5, 0.6) is 11.5 Å². The van der Waals surface area contributed by atoms with E-state index in [2.05, 4.69) is 0 Å². The van der Waals surface area contributed by atoms with Gasteiger partial charge in [-0.15, -0.1) is 0 Å². The Labute approximate surface area is 116 Å². The van der Waals surface area contributed by atoms with E-state index >= 15 is 0 Å². The Morgan fingerprint density at radius 3 is 2.44 bits per heavy atom. The Balaban J connectivity index is 2.35. The van der Waals surface area contributed by atoms with Crippen molar-refractivity contribution >= 4 is 28.8 Å². The molecule has 18 heavy (non-hydrogen) atoms. The van der Waals surface area contributed by atoms with E-state index in [1.807, 2.05) is 25.1 Å². The maximum Gasteiger partial charge on any atom is 0.137 e. The molecule has 0 unspecified atom stereocenters. The zero-order chi connectivity index (χ0) is 13.1. The van der Waals surface area contributed by atoms with Crippen molar-refractivity contribution in [1.29, 1.82) is 0 Å². The van der Waals surface area contributed by atoms with Crippen LogP contribution in [-0.4, -0.2) is 4.99 Å². The summed E-state index contributed by atoms with van der Waals surface area (Å²) in [5, 5.41) is 0.668. The molecule has 0 radical (unpaired) electrons. The fraction of sp³-hybridized carbons (Fsp3) is 0.0714. The molecule has 0 fully saturated rings. The highest BCUT2D eigenvalue weighted by Gasteiger charge is 2.07. The van der Waals surface area contributed by atoms with Crippen LogP contribution in [0.15, 0.2) is 42.5 Å². The van der Waals surface area contributed by atoms with Gasteiger partial charge in [0.2, 0.25) is 0 Å². The zero-order valence-corrected chi connectivity index (χ0v) is 11.4. The van der Waals surface area contributed by atoms with Crippen molar-refractivity contribution < 1.29 is 4.74 Å². The SMILES string of the molecule is Cc1ccc(C(N)=S)c(Oc2ccc(Cl)cc2)c1. The highest BCUT2D eigenvalue weighted by molar-refractivity contribution is 7.80. The summed E-state index contributed by atoms with van der Waals surface area (Å²) in [6.45, 7) is 1.98. The summed E-state index contributed by atoms with van der Waals surface area (Å²) in [6, 6.07) is 12.9. The molecule has 4 heteroatoms. The van der Waals surface area contributed by atoms with Crippen LogP contribution in [0, 0.1) is 6.92 Å². The van der Waals surface area contributed by atoms with Gasteiger partial charge < -0.3 is 10.5 Å². The van der Waals surface area contributed by atoms with Crippen molar-refractivity contribution in [3.8, 4) is 11.5 Å². The molecule has 0 aliphatic heterocycles. The van der Waals surface area contributed by atoms with Crippen LogP contribution >= 0.6 is 23.8 Å². The van der Waals surface area contributed by atoms with Crippen LogP contribution in [0.4, 0.5) is 0 Å². The van der Waals surface area contributed by atoms with Gasteiger partial charge in [0.1, 0.15) is 16.5 Å². The highest BCUT2D eigenvalue weighted by atomic mass is 35.5. The van der Waals surface area contributed by atoms with Crippen LogP contribution in [0.3, 0.4) is 0 Å². The van der Waals surface area contributed by atoms with Crippen molar-refractivity contribution in [2.45, 2.75) is 6.92 Å². The number of aryl methyl sites for hydroxylation is 1. The molecule has 2 nitrogen and oxygen atoms in total. The van der Waals surface area contributed by atoms with E-state index in [1.165, 1.54) is 0 Å². The number of benzene rings is 2. The van der Waals surface area contributed by atoms with E-state index in [-0.39, 0.29) is 0 Å². The summed E-state index contributed by atoms with van der Waals surface area (Å²) in [5.74, 6) is 1.35. The van der Waals surface area contributed by atoms with Gasteiger partial charge in [0.25, 0.3) is 0 Å². The first-order valence-electron chi connectivity index (χ1n) is 5.40. The number of ether oxygens (including phenoxy) is 1. The molecule has 0 aliphatic rings. The molecule has 2 aromatic carbocycles. The molecule has 0 heterocycles. The molecule has 0 bridgehead atoms. The number of thiocarbonyl (C=S) groups is 1. The molecule has 2 N–H and O–H groups in total. The second kappa shape index (κ2) is 5.38.